The van der Waals surface area contributed by atoms with E-state index in [0.29, 0.717) is 6.42 Å². The molecule has 1 atom stereocenters. The van der Waals surface area contributed by atoms with Crippen LogP contribution >= 0.6 is 11.3 Å². The quantitative estimate of drug-likeness (QED) is 0.559. The molecule has 5 nitrogen and oxygen atoms in total. The van der Waals surface area contributed by atoms with E-state index in [4.69, 9.17) is 0 Å². The first-order chi connectivity index (χ1) is 11.8. The van der Waals surface area contributed by atoms with E-state index in [9.17, 15) is 8.42 Å². The monoisotopic (exact) mass is 385 g/mol. The van der Waals surface area contributed by atoms with Crippen molar-refractivity contribution in [1.29, 1.82) is 0 Å². The Morgan fingerprint density at radius 2 is 2.08 bits per heavy atom. The Kier molecular flexibility index (Phi) is 7.31. The van der Waals surface area contributed by atoms with Crippen molar-refractivity contribution < 1.29 is 8.42 Å². The maximum absolute atomic E-state index is 11.3. The summed E-state index contributed by atoms with van der Waals surface area (Å²) in [7, 11) is -1.17. The van der Waals surface area contributed by atoms with Crippen LogP contribution in [0.3, 0.4) is 0 Å². The van der Waals surface area contributed by atoms with Gasteiger partial charge < -0.3 is 10.6 Å². The van der Waals surface area contributed by atoms with E-state index in [0.717, 1.165) is 12.5 Å². The van der Waals surface area contributed by atoms with Crippen molar-refractivity contribution in [2.24, 2.45) is 4.99 Å². The fourth-order valence-electron chi connectivity index (χ4n) is 3.46. The molecule has 1 aliphatic carbocycles. The van der Waals surface area contributed by atoms with Gasteiger partial charge in [-0.1, -0.05) is 25.3 Å². The number of thiophene rings is 1. The third kappa shape index (κ3) is 6.29. The van der Waals surface area contributed by atoms with E-state index in [2.05, 4.69) is 33.1 Å². The predicted octanol–water partition coefficient (Wildman–Crippen LogP) is 2.94. The molecular formula is C18H31N3O2S2. The SMILES string of the molecule is CN=C(NCC1(c2cccs2)CCCCC1)NC(C)CCS(C)(=O)=O. The lowest BCUT2D eigenvalue weighted by Crippen LogP contribution is -2.48. The molecule has 2 N–H and O–H groups in total. The molecule has 7 heteroatoms. The summed E-state index contributed by atoms with van der Waals surface area (Å²) in [5, 5.41) is 8.97. The lowest BCUT2D eigenvalue weighted by atomic mass is 9.73. The van der Waals surface area contributed by atoms with Gasteiger partial charge in [0.25, 0.3) is 0 Å². The molecule has 2 rings (SSSR count). The number of guanidine groups is 1. The Hall–Kier alpha value is -1.08. The van der Waals surface area contributed by atoms with Crippen LogP contribution in [0.4, 0.5) is 0 Å². The van der Waals surface area contributed by atoms with Crippen molar-refractivity contribution >= 4 is 27.1 Å². The third-order valence-electron chi connectivity index (χ3n) is 4.98. The zero-order chi connectivity index (χ0) is 18.3. The fraction of sp³-hybridized carbons (Fsp3) is 0.722. The van der Waals surface area contributed by atoms with E-state index in [-0.39, 0.29) is 17.2 Å². The molecule has 1 aliphatic rings. The first kappa shape index (κ1) is 20.2. The van der Waals surface area contributed by atoms with Gasteiger partial charge >= 0.3 is 0 Å². The van der Waals surface area contributed by atoms with Crippen LogP contribution in [0.25, 0.3) is 0 Å². The number of hydrogen-bond acceptors (Lipinski definition) is 4. The van der Waals surface area contributed by atoms with E-state index in [1.807, 2.05) is 18.3 Å². The van der Waals surface area contributed by atoms with Gasteiger partial charge in [-0.15, -0.1) is 11.3 Å². The van der Waals surface area contributed by atoms with Gasteiger partial charge in [0.1, 0.15) is 9.84 Å². The van der Waals surface area contributed by atoms with Gasteiger partial charge in [0, 0.05) is 36.2 Å². The molecule has 0 spiro atoms. The zero-order valence-electron chi connectivity index (χ0n) is 15.5. The van der Waals surface area contributed by atoms with Crippen LogP contribution in [-0.4, -0.2) is 46.0 Å². The van der Waals surface area contributed by atoms with Crippen LogP contribution in [-0.2, 0) is 15.3 Å². The molecule has 0 saturated heterocycles. The maximum Gasteiger partial charge on any atom is 0.191 e. The second-order valence-electron chi connectivity index (χ2n) is 7.21. The molecule has 0 aromatic carbocycles. The molecular weight excluding hydrogens is 354 g/mol. The molecule has 1 saturated carbocycles. The highest BCUT2D eigenvalue weighted by molar-refractivity contribution is 7.90. The Morgan fingerprint density at radius 1 is 1.36 bits per heavy atom. The van der Waals surface area contributed by atoms with Crippen LogP contribution in [0.5, 0.6) is 0 Å². The summed E-state index contributed by atoms with van der Waals surface area (Å²) in [4.78, 5) is 5.78. The second kappa shape index (κ2) is 9.03. The summed E-state index contributed by atoms with van der Waals surface area (Å²) in [6.07, 6.45) is 8.15. The molecule has 0 bridgehead atoms. The molecule has 0 radical (unpaired) electrons. The second-order valence-corrected chi connectivity index (χ2v) is 10.4. The number of rotatable bonds is 7. The summed E-state index contributed by atoms with van der Waals surface area (Å²) in [5.41, 5.74) is 0.194. The van der Waals surface area contributed by atoms with E-state index in [1.54, 1.807) is 7.05 Å². The van der Waals surface area contributed by atoms with Crippen molar-refractivity contribution in [3.8, 4) is 0 Å². The predicted molar refractivity (Wildman–Crippen MR) is 107 cm³/mol. The van der Waals surface area contributed by atoms with Gasteiger partial charge in [0.2, 0.25) is 0 Å². The highest BCUT2D eigenvalue weighted by atomic mass is 32.2. The highest BCUT2D eigenvalue weighted by Crippen LogP contribution is 2.41. The molecule has 1 aromatic heterocycles. The number of nitrogens with zero attached hydrogens (tertiary/aromatic N) is 1. The normalized spacial score (nSPS) is 19.4. The Labute approximate surface area is 156 Å². The standard InChI is InChI=1S/C18H31N3O2S2/c1-15(9-13-25(3,22)23)21-17(19-2)20-14-18(10-5-4-6-11-18)16-8-7-12-24-16/h7-8,12,15H,4-6,9-11,13-14H2,1-3H3,(H2,19,20,21). The van der Waals surface area contributed by atoms with Gasteiger partial charge in [-0.2, -0.15) is 0 Å². The topological polar surface area (TPSA) is 70.6 Å². The summed E-state index contributed by atoms with van der Waals surface area (Å²) < 4.78 is 22.6. The molecule has 25 heavy (non-hydrogen) atoms. The van der Waals surface area contributed by atoms with Crippen LogP contribution in [0, 0.1) is 0 Å². The van der Waals surface area contributed by atoms with E-state index in [1.165, 1.54) is 43.2 Å². The zero-order valence-corrected chi connectivity index (χ0v) is 17.2. The number of nitrogens with one attached hydrogen (secondary N) is 2. The Balaban J connectivity index is 1.94. The fourth-order valence-corrected chi connectivity index (χ4v) is 5.23. The first-order valence-corrected chi connectivity index (χ1v) is 12.0. The maximum atomic E-state index is 11.3. The minimum Gasteiger partial charge on any atom is -0.355 e. The molecule has 1 unspecified atom stereocenters. The van der Waals surface area contributed by atoms with Crippen LogP contribution in [0.1, 0.15) is 50.3 Å². The highest BCUT2D eigenvalue weighted by Gasteiger charge is 2.34. The molecule has 1 aromatic rings. The minimum absolute atomic E-state index is 0.0602. The molecule has 142 valence electrons. The van der Waals surface area contributed by atoms with Gasteiger partial charge in [0.05, 0.1) is 5.75 Å². The van der Waals surface area contributed by atoms with Crippen molar-refractivity contribution in [3.63, 3.8) is 0 Å². The Bertz CT molecular complexity index is 648. The van der Waals surface area contributed by atoms with Crippen molar-refractivity contribution in [3.05, 3.63) is 22.4 Å². The van der Waals surface area contributed by atoms with E-state index >= 15 is 0 Å². The Morgan fingerprint density at radius 3 is 2.64 bits per heavy atom. The summed E-state index contributed by atoms with van der Waals surface area (Å²) in [5.74, 6) is 0.944. The minimum atomic E-state index is -2.93. The third-order valence-corrected chi connectivity index (χ3v) is 7.07. The number of hydrogen-bond donors (Lipinski definition) is 2. The molecule has 0 aliphatic heterocycles. The molecule has 1 fully saturated rings. The summed E-state index contributed by atoms with van der Waals surface area (Å²) in [6.45, 7) is 2.86. The first-order valence-electron chi connectivity index (χ1n) is 9.03. The lowest BCUT2D eigenvalue weighted by Gasteiger charge is -2.37. The van der Waals surface area contributed by atoms with Crippen molar-refractivity contribution in [1.82, 2.24) is 10.6 Å². The van der Waals surface area contributed by atoms with Crippen LogP contribution in [0.2, 0.25) is 0 Å². The number of sulfone groups is 1. The summed E-state index contributed by atoms with van der Waals surface area (Å²) in [6, 6.07) is 4.45. The summed E-state index contributed by atoms with van der Waals surface area (Å²) >= 11 is 1.85. The van der Waals surface area contributed by atoms with Crippen molar-refractivity contribution in [2.75, 3.05) is 25.6 Å². The smallest absolute Gasteiger partial charge is 0.191 e. The molecule has 1 heterocycles. The van der Waals surface area contributed by atoms with E-state index < -0.39 is 9.84 Å². The van der Waals surface area contributed by atoms with Crippen LogP contribution in [0.15, 0.2) is 22.5 Å². The van der Waals surface area contributed by atoms with Gasteiger partial charge in [-0.05, 0) is 37.6 Å². The van der Waals surface area contributed by atoms with Gasteiger partial charge in [-0.3, -0.25) is 4.99 Å². The van der Waals surface area contributed by atoms with Crippen molar-refractivity contribution in [2.45, 2.75) is 56.9 Å². The van der Waals surface area contributed by atoms with Crippen LogP contribution < -0.4 is 10.6 Å². The molecule has 0 amide bonds. The number of aliphatic imine (C=N–C) groups is 1. The largest absolute Gasteiger partial charge is 0.355 e. The van der Waals surface area contributed by atoms with Gasteiger partial charge in [0.15, 0.2) is 5.96 Å². The average Bonchev–Trinajstić information content (AvgIpc) is 3.12. The van der Waals surface area contributed by atoms with Gasteiger partial charge in [-0.25, -0.2) is 8.42 Å². The lowest BCUT2D eigenvalue weighted by molar-refractivity contribution is 0.296. The average molecular weight is 386 g/mol.